The monoisotopic (exact) mass is 415 g/mol. The van der Waals surface area contributed by atoms with Gasteiger partial charge in [-0.1, -0.05) is 41.9 Å². The quantitative estimate of drug-likeness (QED) is 0.631. The Labute approximate surface area is 161 Å². The van der Waals surface area contributed by atoms with Crippen molar-refractivity contribution in [3.63, 3.8) is 0 Å². The number of rotatable bonds is 5. The molecule has 3 aromatic rings. The van der Waals surface area contributed by atoms with Crippen LogP contribution in [-0.2, 0) is 6.54 Å². The van der Waals surface area contributed by atoms with E-state index in [1.807, 2.05) is 24.3 Å². The van der Waals surface area contributed by atoms with Gasteiger partial charge in [0.05, 0.1) is 16.5 Å². The molecule has 0 aliphatic rings. The van der Waals surface area contributed by atoms with Crippen LogP contribution in [0.2, 0.25) is 0 Å². The van der Waals surface area contributed by atoms with Crippen LogP contribution in [0, 0.1) is 6.92 Å². The summed E-state index contributed by atoms with van der Waals surface area (Å²) >= 11 is 3.41. The Balaban J connectivity index is 2.23. The molecule has 1 N–H and O–H groups in total. The smallest absolute Gasteiger partial charge is 0.200 e. The molecule has 136 valence electrons. The summed E-state index contributed by atoms with van der Waals surface area (Å²) in [6, 6.07) is 10.8. The molecule has 1 aromatic heterocycles. The van der Waals surface area contributed by atoms with E-state index in [9.17, 15) is 9.90 Å². The van der Waals surface area contributed by atoms with Crippen molar-refractivity contribution < 1.29 is 9.52 Å². The fraction of sp³-hybridized carbons (Fsp3) is 0.286. The molecule has 0 aliphatic heterocycles. The van der Waals surface area contributed by atoms with E-state index in [2.05, 4.69) is 34.7 Å². The highest BCUT2D eigenvalue weighted by Crippen LogP contribution is 2.31. The van der Waals surface area contributed by atoms with Gasteiger partial charge in [0.25, 0.3) is 0 Å². The predicted octanol–water partition coefficient (Wildman–Crippen LogP) is 5.08. The molecule has 26 heavy (non-hydrogen) atoms. The molecule has 0 spiro atoms. The molecule has 0 bridgehead atoms. The Kier molecular flexibility index (Phi) is 5.49. The average Bonchev–Trinajstić information content (AvgIpc) is 2.62. The molecule has 4 nitrogen and oxygen atoms in total. The summed E-state index contributed by atoms with van der Waals surface area (Å²) in [5.41, 5.74) is 2.44. The molecule has 1 heterocycles. The van der Waals surface area contributed by atoms with Crippen molar-refractivity contribution in [1.82, 2.24) is 4.90 Å². The van der Waals surface area contributed by atoms with Gasteiger partial charge in [-0.25, -0.2) is 0 Å². The molecular formula is C21H22BrNO3. The minimum Gasteiger partial charge on any atom is -0.507 e. The number of phenols is 1. The summed E-state index contributed by atoms with van der Waals surface area (Å²) in [5.74, 6) is 0.708. The van der Waals surface area contributed by atoms with Crippen LogP contribution in [0.25, 0.3) is 22.1 Å². The second kappa shape index (κ2) is 7.64. The lowest BCUT2D eigenvalue weighted by Crippen LogP contribution is -2.22. The van der Waals surface area contributed by atoms with Crippen LogP contribution < -0.4 is 5.43 Å². The average molecular weight is 416 g/mol. The summed E-state index contributed by atoms with van der Waals surface area (Å²) in [4.78, 5) is 15.3. The van der Waals surface area contributed by atoms with Gasteiger partial charge in [0, 0.05) is 11.0 Å². The zero-order chi connectivity index (χ0) is 18.8. The molecule has 0 aliphatic carbocycles. The zero-order valence-corrected chi connectivity index (χ0v) is 16.8. The number of nitrogens with zero attached hydrogens (tertiary/aromatic N) is 1. The van der Waals surface area contributed by atoms with Crippen LogP contribution >= 0.6 is 15.9 Å². The van der Waals surface area contributed by atoms with E-state index in [-0.39, 0.29) is 11.2 Å². The number of hydrogen-bond acceptors (Lipinski definition) is 4. The van der Waals surface area contributed by atoms with Gasteiger partial charge in [-0.2, -0.15) is 0 Å². The zero-order valence-electron chi connectivity index (χ0n) is 15.2. The number of aryl methyl sites for hydroxylation is 1. The van der Waals surface area contributed by atoms with Gasteiger partial charge in [0.1, 0.15) is 17.1 Å². The largest absolute Gasteiger partial charge is 0.507 e. The molecule has 0 saturated heterocycles. The van der Waals surface area contributed by atoms with Crippen molar-refractivity contribution in [3.05, 3.63) is 62.4 Å². The first-order valence-corrected chi connectivity index (χ1v) is 9.52. The van der Waals surface area contributed by atoms with Gasteiger partial charge in [-0.3, -0.25) is 9.69 Å². The molecule has 2 aromatic carbocycles. The van der Waals surface area contributed by atoms with Gasteiger partial charge < -0.3 is 9.52 Å². The third kappa shape index (κ3) is 3.41. The lowest BCUT2D eigenvalue weighted by Gasteiger charge is -2.19. The summed E-state index contributed by atoms with van der Waals surface area (Å²) in [7, 11) is 0. The van der Waals surface area contributed by atoms with E-state index >= 15 is 0 Å². The van der Waals surface area contributed by atoms with Gasteiger partial charge >= 0.3 is 0 Å². The van der Waals surface area contributed by atoms with Crippen molar-refractivity contribution in [2.75, 3.05) is 13.1 Å². The first-order valence-electron chi connectivity index (χ1n) is 8.72. The third-order valence-corrected chi connectivity index (χ3v) is 5.25. The lowest BCUT2D eigenvalue weighted by molar-refractivity contribution is 0.290. The number of halogens is 1. The fourth-order valence-corrected chi connectivity index (χ4v) is 3.45. The first kappa shape index (κ1) is 18.7. The topological polar surface area (TPSA) is 53.7 Å². The van der Waals surface area contributed by atoms with Crippen LogP contribution in [0.15, 0.2) is 50.1 Å². The number of fused-ring (bicyclic) bond motifs is 1. The van der Waals surface area contributed by atoms with Crippen LogP contribution in [0.3, 0.4) is 0 Å². The van der Waals surface area contributed by atoms with E-state index < -0.39 is 0 Å². The summed E-state index contributed by atoms with van der Waals surface area (Å²) in [6.07, 6.45) is 0. The molecule has 0 unspecified atom stereocenters. The SMILES string of the molecule is CCN(CC)Cc1c(O)ccc2c(=O)c(-c3ccc(Br)cc3)c(C)oc12. The predicted molar refractivity (Wildman–Crippen MR) is 109 cm³/mol. The van der Waals surface area contributed by atoms with E-state index in [1.54, 1.807) is 19.1 Å². The number of benzene rings is 2. The third-order valence-electron chi connectivity index (χ3n) is 4.72. The van der Waals surface area contributed by atoms with Crippen molar-refractivity contribution in [2.45, 2.75) is 27.3 Å². The molecule has 0 atom stereocenters. The molecule has 0 radical (unpaired) electrons. The van der Waals surface area contributed by atoms with Gasteiger partial charge in [0.2, 0.25) is 5.43 Å². The number of phenolic OH excluding ortho intramolecular Hbond substituents is 1. The standard InChI is InChI=1S/C21H22BrNO3/c1-4-23(5-2)12-17-18(24)11-10-16-20(25)19(13(3)26-21(16)17)14-6-8-15(22)9-7-14/h6-11,24H,4-5,12H2,1-3H3. The Bertz CT molecular complexity index is 989. The Hall–Kier alpha value is -2.11. The minimum absolute atomic E-state index is 0.0770. The highest BCUT2D eigenvalue weighted by Gasteiger charge is 2.19. The van der Waals surface area contributed by atoms with E-state index in [0.29, 0.717) is 34.4 Å². The molecule has 0 fully saturated rings. The Morgan fingerprint density at radius 1 is 1.08 bits per heavy atom. The lowest BCUT2D eigenvalue weighted by atomic mass is 10.0. The minimum atomic E-state index is -0.0770. The maximum Gasteiger partial charge on any atom is 0.200 e. The number of hydrogen-bond donors (Lipinski definition) is 1. The molecule has 0 saturated carbocycles. The van der Waals surface area contributed by atoms with Crippen molar-refractivity contribution >= 4 is 26.9 Å². The summed E-state index contributed by atoms with van der Waals surface area (Å²) < 4.78 is 7.02. The fourth-order valence-electron chi connectivity index (χ4n) is 3.19. The maximum atomic E-state index is 13.2. The van der Waals surface area contributed by atoms with E-state index in [1.165, 1.54) is 0 Å². The Morgan fingerprint density at radius 2 is 1.73 bits per heavy atom. The highest BCUT2D eigenvalue weighted by atomic mass is 79.9. The van der Waals surface area contributed by atoms with Gasteiger partial charge in [0.15, 0.2) is 0 Å². The molecule has 3 rings (SSSR count). The highest BCUT2D eigenvalue weighted by molar-refractivity contribution is 9.10. The maximum absolute atomic E-state index is 13.2. The second-order valence-electron chi connectivity index (χ2n) is 6.27. The van der Waals surface area contributed by atoms with E-state index in [0.717, 1.165) is 23.1 Å². The summed E-state index contributed by atoms with van der Waals surface area (Å²) in [5, 5.41) is 10.8. The summed E-state index contributed by atoms with van der Waals surface area (Å²) in [6.45, 7) is 8.18. The first-order chi connectivity index (χ1) is 12.5. The van der Waals surface area contributed by atoms with Crippen LogP contribution in [0.5, 0.6) is 5.75 Å². The van der Waals surface area contributed by atoms with Crippen molar-refractivity contribution in [1.29, 1.82) is 0 Å². The number of aromatic hydroxyl groups is 1. The van der Waals surface area contributed by atoms with Crippen LogP contribution in [-0.4, -0.2) is 23.1 Å². The van der Waals surface area contributed by atoms with Crippen LogP contribution in [0.1, 0.15) is 25.2 Å². The molecule has 0 amide bonds. The Morgan fingerprint density at radius 3 is 2.35 bits per heavy atom. The van der Waals surface area contributed by atoms with Crippen molar-refractivity contribution in [3.8, 4) is 16.9 Å². The van der Waals surface area contributed by atoms with Crippen LogP contribution in [0.4, 0.5) is 0 Å². The second-order valence-corrected chi connectivity index (χ2v) is 7.19. The normalized spacial score (nSPS) is 11.4. The van der Waals surface area contributed by atoms with E-state index in [4.69, 9.17) is 4.42 Å². The van der Waals surface area contributed by atoms with Gasteiger partial charge in [-0.05, 0) is 49.8 Å². The molecule has 5 heteroatoms. The van der Waals surface area contributed by atoms with Crippen molar-refractivity contribution in [2.24, 2.45) is 0 Å². The molecular weight excluding hydrogens is 394 g/mol. The van der Waals surface area contributed by atoms with Gasteiger partial charge in [-0.15, -0.1) is 0 Å².